The third-order valence-electron chi connectivity index (χ3n) is 5.72. The summed E-state index contributed by atoms with van der Waals surface area (Å²) in [5.74, 6) is 2.14. The first-order valence-electron chi connectivity index (χ1n) is 9.80. The number of nitrogens with one attached hydrogen (secondary N) is 1. The summed E-state index contributed by atoms with van der Waals surface area (Å²) < 4.78 is 13.5. The highest BCUT2D eigenvalue weighted by Gasteiger charge is 2.27. The molecule has 0 spiro atoms. The molecule has 2 aromatic rings. The Morgan fingerprint density at radius 2 is 1.93 bits per heavy atom. The molecule has 2 aliphatic rings. The van der Waals surface area contributed by atoms with E-state index >= 15 is 0 Å². The first-order chi connectivity index (χ1) is 13.1. The van der Waals surface area contributed by atoms with Crippen molar-refractivity contribution < 1.29 is 9.18 Å². The molecule has 0 aliphatic carbocycles. The lowest BCUT2D eigenvalue weighted by Crippen LogP contribution is -2.48. The number of benzene rings is 1. The Morgan fingerprint density at radius 1 is 1.19 bits per heavy atom. The minimum absolute atomic E-state index is 0.0791. The van der Waals surface area contributed by atoms with Gasteiger partial charge in [-0.1, -0.05) is 0 Å². The second-order valence-corrected chi connectivity index (χ2v) is 8.82. The summed E-state index contributed by atoms with van der Waals surface area (Å²) in [6.07, 6.45) is 4.57. The highest BCUT2D eigenvalue weighted by Crippen LogP contribution is 2.25. The molecule has 0 atom stereocenters. The van der Waals surface area contributed by atoms with Crippen molar-refractivity contribution in [2.45, 2.75) is 44.7 Å². The van der Waals surface area contributed by atoms with Gasteiger partial charge in [0.05, 0.1) is 11.1 Å². The van der Waals surface area contributed by atoms with Gasteiger partial charge in [-0.05, 0) is 62.3 Å². The van der Waals surface area contributed by atoms with E-state index in [0.717, 1.165) is 37.7 Å². The average Bonchev–Trinajstić information content (AvgIpc) is 2.68. The van der Waals surface area contributed by atoms with E-state index in [2.05, 4.69) is 27.0 Å². The van der Waals surface area contributed by atoms with Gasteiger partial charge in [0.15, 0.2) is 0 Å². The summed E-state index contributed by atoms with van der Waals surface area (Å²) in [5, 5.41) is 3.91. The Morgan fingerprint density at radius 3 is 2.67 bits per heavy atom. The van der Waals surface area contributed by atoms with E-state index in [-0.39, 0.29) is 17.8 Å². The molecule has 1 N–H and O–H groups in total. The summed E-state index contributed by atoms with van der Waals surface area (Å²) in [5.41, 5.74) is 1.85. The Labute approximate surface area is 163 Å². The van der Waals surface area contributed by atoms with Gasteiger partial charge in [0, 0.05) is 42.3 Å². The molecule has 1 aromatic carbocycles. The largest absolute Gasteiger partial charge is 0.349 e. The van der Waals surface area contributed by atoms with Crippen LogP contribution in [0.25, 0.3) is 10.9 Å². The number of hydrogen-bond donors (Lipinski definition) is 1. The van der Waals surface area contributed by atoms with Crippen LogP contribution >= 0.6 is 11.8 Å². The van der Waals surface area contributed by atoms with Crippen LogP contribution in [0, 0.1) is 12.7 Å². The van der Waals surface area contributed by atoms with Crippen molar-refractivity contribution in [1.82, 2.24) is 15.2 Å². The predicted molar refractivity (Wildman–Crippen MR) is 109 cm³/mol. The van der Waals surface area contributed by atoms with Crippen molar-refractivity contribution in [2.24, 2.45) is 0 Å². The smallest absolute Gasteiger partial charge is 0.252 e. The van der Waals surface area contributed by atoms with Crippen molar-refractivity contribution in [3.63, 3.8) is 0 Å². The number of nitrogens with zero attached hydrogens (tertiary/aromatic N) is 2. The van der Waals surface area contributed by atoms with Gasteiger partial charge in [-0.2, -0.15) is 11.8 Å². The van der Waals surface area contributed by atoms with Crippen molar-refractivity contribution in [1.29, 1.82) is 0 Å². The lowest BCUT2D eigenvalue weighted by molar-refractivity contribution is 0.0888. The molecule has 27 heavy (non-hydrogen) atoms. The van der Waals surface area contributed by atoms with Crippen LogP contribution in [0.3, 0.4) is 0 Å². The van der Waals surface area contributed by atoms with E-state index in [0.29, 0.717) is 16.5 Å². The monoisotopic (exact) mass is 387 g/mol. The quantitative estimate of drug-likeness (QED) is 0.871. The summed E-state index contributed by atoms with van der Waals surface area (Å²) >= 11 is 2.06. The zero-order valence-electron chi connectivity index (χ0n) is 15.7. The molecule has 2 fully saturated rings. The molecule has 1 aromatic heterocycles. The number of aryl methyl sites for hydroxylation is 1. The molecular weight excluding hydrogens is 361 g/mol. The molecule has 0 radical (unpaired) electrons. The second-order valence-electron chi connectivity index (χ2n) is 7.60. The van der Waals surface area contributed by atoms with E-state index in [1.807, 2.05) is 6.92 Å². The number of fused-ring (bicyclic) bond motifs is 1. The third kappa shape index (κ3) is 4.27. The molecule has 0 bridgehead atoms. The van der Waals surface area contributed by atoms with Crippen LogP contribution in [0.2, 0.25) is 0 Å². The number of piperidine rings is 1. The van der Waals surface area contributed by atoms with Crippen molar-refractivity contribution >= 4 is 28.6 Å². The van der Waals surface area contributed by atoms with Crippen LogP contribution < -0.4 is 5.32 Å². The van der Waals surface area contributed by atoms with E-state index in [1.165, 1.54) is 36.5 Å². The Hall–Kier alpha value is -1.66. The van der Waals surface area contributed by atoms with Crippen LogP contribution in [-0.4, -0.2) is 52.5 Å². The minimum atomic E-state index is -0.333. The molecule has 6 heteroatoms. The molecule has 3 heterocycles. The first kappa shape index (κ1) is 18.7. The molecular formula is C21H26FN3OS. The highest BCUT2D eigenvalue weighted by atomic mass is 32.2. The number of thioether (sulfide) groups is 1. The molecule has 4 nitrogen and oxygen atoms in total. The fourth-order valence-electron chi connectivity index (χ4n) is 4.24. The standard InChI is InChI=1S/C21H26FN3OS/c1-14-12-19(18-3-2-15(22)13-20(18)23-14)21(26)24-16-4-8-25(9-5-16)17-6-10-27-11-7-17/h2-3,12-13,16-17H,4-11H2,1H3,(H,24,26). The zero-order valence-corrected chi connectivity index (χ0v) is 16.5. The fourth-order valence-corrected chi connectivity index (χ4v) is 5.33. The number of carbonyl (C=O) groups excluding carboxylic acids is 1. The van der Waals surface area contributed by atoms with Crippen molar-refractivity contribution in [2.75, 3.05) is 24.6 Å². The summed E-state index contributed by atoms with van der Waals surface area (Å²) in [7, 11) is 0. The Kier molecular flexibility index (Phi) is 5.64. The maximum Gasteiger partial charge on any atom is 0.252 e. The molecule has 4 rings (SSSR count). The van der Waals surface area contributed by atoms with Crippen LogP contribution in [-0.2, 0) is 0 Å². The topological polar surface area (TPSA) is 45.2 Å². The molecule has 1 amide bonds. The molecule has 144 valence electrons. The van der Waals surface area contributed by atoms with Crippen LogP contribution in [0.4, 0.5) is 4.39 Å². The van der Waals surface area contributed by atoms with Crippen LogP contribution in [0.1, 0.15) is 41.7 Å². The maximum absolute atomic E-state index is 13.5. The summed E-state index contributed by atoms with van der Waals surface area (Å²) in [6, 6.07) is 7.15. The normalized spacial score (nSPS) is 20.1. The zero-order chi connectivity index (χ0) is 18.8. The molecule has 2 aliphatic heterocycles. The number of likely N-dealkylation sites (tertiary alicyclic amines) is 1. The highest BCUT2D eigenvalue weighted by molar-refractivity contribution is 7.99. The van der Waals surface area contributed by atoms with E-state index in [9.17, 15) is 9.18 Å². The number of amides is 1. The van der Waals surface area contributed by atoms with E-state index in [4.69, 9.17) is 0 Å². The molecule has 0 unspecified atom stereocenters. The van der Waals surface area contributed by atoms with Crippen LogP contribution in [0.15, 0.2) is 24.3 Å². The average molecular weight is 388 g/mol. The maximum atomic E-state index is 13.5. The molecule has 0 saturated carbocycles. The van der Waals surface area contributed by atoms with Crippen LogP contribution in [0.5, 0.6) is 0 Å². The Bertz CT molecular complexity index is 824. The van der Waals surface area contributed by atoms with E-state index < -0.39 is 0 Å². The number of rotatable bonds is 3. The second kappa shape index (κ2) is 8.15. The van der Waals surface area contributed by atoms with Gasteiger partial charge in [0.1, 0.15) is 5.82 Å². The van der Waals surface area contributed by atoms with Crippen molar-refractivity contribution in [3.8, 4) is 0 Å². The predicted octanol–water partition coefficient (Wildman–Crippen LogP) is 3.77. The van der Waals surface area contributed by atoms with Gasteiger partial charge in [-0.15, -0.1) is 0 Å². The van der Waals surface area contributed by atoms with Gasteiger partial charge < -0.3 is 10.2 Å². The number of hydrogen-bond acceptors (Lipinski definition) is 4. The number of pyridine rings is 1. The Balaban J connectivity index is 1.42. The third-order valence-corrected chi connectivity index (χ3v) is 6.77. The lowest BCUT2D eigenvalue weighted by atomic mass is 10.00. The number of carbonyl (C=O) groups is 1. The first-order valence-corrected chi connectivity index (χ1v) is 11.0. The summed E-state index contributed by atoms with van der Waals surface area (Å²) in [6.45, 7) is 3.95. The molecule has 2 saturated heterocycles. The van der Waals surface area contributed by atoms with Gasteiger partial charge in [0.25, 0.3) is 5.91 Å². The minimum Gasteiger partial charge on any atom is -0.349 e. The van der Waals surface area contributed by atoms with Crippen molar-refractivity contribution in [3.05, 3.63) is 41.3 Å². The summed E-state index contributed by atoms with van der Waals surface area (Å²) in [4.78, 5) is 19.9. The van der Waals surface area contributed by atoms with E-state index in [1.54, 1.807) is 12.1 Å². The van der Waals surface area contributed by atoms with Gasteiger partial charge in [-0.25, -0.2) is 4.39 Å². The number of halogens is 1. The van der Waals surface area contributed by atoms with Gasteiger partial charge in [0.2, 0.25) is 0 Å². The van der Waals surface area contributed by atoms with Gasteiger partial charge >= 0.3 is 0 Å². The van der Waals surface area contributed by atoms with Gasteiger partial charge in [-0.3, -0.25) is 9.78 Å². The lowest BCUT2D eigenvalue weighted by Gasteiger charge is -2.39. The number of aromatic nitrogens is 1. The fraction of sp³-hybridized carbons (Fsp3) is 0.524. The SMILES string of the molecule is Cc1cc(C(=O)NC2CCN(C3CCSCC3)CC2)c2ccc(F)cc2n1.